The van der Waals surface area contributed by atoms with E-state index >= 15 is 0 Å². The Morgan fingerprint density at radius 2 is 1.96 bits per heavy atom. The zero-order valence-corrected chi connectivity index (χ0v) is 13.8. The van der Waals surface area contributed by atoms with Gasteiger partial charge in [-0.15, -0.1) is 0 Å². The second-order valence-corrected chi connectivity index (χ2v) is 6.56. The quantitative estimate of drug-likeness (QED) is 0.776. The zero-order valence-electron chi connectivity index (χ0n) is 13.8. The van der Waals surface area contributed by atoms with Gasteiger partial charge in [0.2, 0.25) is 0 Å². The number of hydrogen-bond donors (Lipinski definition) is 2. The number of rotatable bonds is 4. The Hall–Kier alpha value is -2.59. The van der Waals surface area contributed by atoms with Crippen molar-refractivity contribution in [2.45, 2.75) is 12.5 Å². The zero-order chi connectivity index (χ0) is 16.5. The van der Waals surface area contributed by atoms with Gasteiger partial charge in [-0.25, -0.2) is 0 Å². The highest BCUT2D eigenvalue weighted by atomic mass is 16.1. The first kappa shape index (κ1) is 15.0. The number of likely N-dealkylation sites (N-methyl/N-ethyl adjacent to an activating group) is 1. The molecule has 0 bridgehead atoms. The van der Waals surface area contributed by atoms with E-state index in [1.54, 1.807) is 0 Å². The largest absolute Gasteiger partial charge is 0.361 e. The van der Waals surface area contributed by atoms with Crippen LogP contribution in [-0.4, -0.2) is 35.9 Å². The summed E-state index contributed by atoms with van der Waals surface area (Å²) < 4.78 is 0. The Kier molecular flexibility index (Phi) is 3.82. The van der Waals surface area contributed by atoms with Gasteiger partial charge in [0.15, 0.2) is 0 Å². The van der Waals surface area contributed by atoms with Crippen molar-refractivity contribution < 1.29 is 4.79 Å². The van der Waals surface area contributed by atoms with Gasteiger partial charge in [-0.05, 0) is 30.3 Å². The van der Waals surface area contributed by atoms with Crippen molar-refractivity contribution in [2.24, 2.45) is 0 Å². The molecule has 1 amide bonds. The van der Waals surface area contributed by atoms with Gasteiger partial charge in [-0.3, -0.25) is 4.79 Å². The average Bonchev–Trinajstić information content (AvgIpc) is 2.97. The third-order valence-corrected chi connectivity index (χ3v) is 4.76. The molecule has 2 aromatic carbocycles. The Morgan fingerprint density at radius 1 is 1.12 bits per heavy atom. The molecule has 24 heavy (non-hydrogen) atoms. The number of aromatic amines is 1. The maximum Gasteiger partial charge on any atom is 0.251 e. The minimum Gasteiger partial charge on any atom is -0.361 e. The number of aromatic nitrogens is 1. The van der Waals surface area contributed by atoms with Gasteiger partial charge in [-0.2, -0.15) is 0 Å². The summed E-state index contributed by atoms with van der Waals surface area (Å²) in [5, 5.41) is 4.15. The van der Waals surface area contributed by atoms with E-state index in [1.807, 2.05) is 24.3 Å². The normalized spacial score (nSPS) is 17.1. The molecule has 0 saturated carbocycles. The first-order chi connectivity index (χ1) is 11.7. The fraction of sp³-hybridized carbons (Fsp3) is 0.250. The second kappa shape index (κ2) is 6.13. The monoisotopic (exact) mass is 319 g/mol. The molecule has 0 spiro atoms. The highest BCUT2D eigenvalue weighted by Crippen LogP contribution is 2.31. The Bertz CT molecular complexity index is 869. The van der Waals surface area contributed by atoms with Crippen molar-refractivity contribution in [3.63, 3.8) is 0 Å². The SMILES string of the molecule is CN(Cc1ccccc1)CC1CNC(=O)c2cccc3[nH]cc1c23. The van der Waals surface area contributed by atoms with Crippen LogP contribution in [0.3, 0.4) is 0 Å². The molecule has 4 rings (SSSR count). The topological polar surface area (TPSA) is 48.1 Å². The predicted octanol–water partition coefficient (Wildman–Crippen LogP) is 3.13. The van der Waals surface area contributed by atoms with Crippen LogP contribution in [0.15, 0.2) is 54.7 Å². The molecule has 0 fully saturated rings. The van der Waals surface area contributed by atoms with Crippen molar-refractivity contribution in [3.05, 3.63) is 71.4 Å². The summed E-state index contributed by atoms with van der Waals surface area (Å²) in [6, 6.07) is 16.3. The van der Waals surface area contributed by atoms with Crippen LogP contribution in [0.5, 0.6) is 0 Å². The van der Waals surface area contributed by atoms with Gasteiger partial charge in [0.25, 0.3) is 5.91 Å². The number of hydrogen-bond acceptors (Lipinski definition) is 2. The fourth-order valence-electron chi connectivity index (χ4n) is 3.64. The van der Waals surface area contributed by atoms with Crippen molar-refractivity contribution in [3.8, 4) is 0 Å². The number of nitrogens with zero attached hydrogens (tertiary/aromatic N) is 1. The Labute approximate surface area is 141 Å². The molecule has 1 aliphatic rings. The van der Waals surface area contributed by atoms with Crippen LogP contribution in [-0.2, 0) is 6.54 Å². The van der Waals surface area contributed by atoms with E-state index < -0.39 is 0 Å². The van der Waals surface area contributed by atoms with Crippen LogP contribution >= 0.6 is 0 Å². The third-order valence-electron chi connectivity index (χ3n) is 4.76. The van der Waals surface area contributed by atoms with Gasteiger partial charge in [-0.1, -0.05) is 36.4 Å². The number of nitrogens with one attached hydrogen (secondary N) is 2. The number of H-pyrrole nitrogens is 1. The van der Waals surface area contributed by atoms with E-state index in [1.165, 1.54) is 11.1 Å². The summed E-state index contributed by atoms with van der Waals surface area (Å²) in [4.78, 5) is 18.0. The molecule has 2 N–H and O–H groups in total. The predicted molar refractivity (Wildman–Crippen MR) is 96.1 cm³/mol. The minimum atomic E-state index is 0.0228. The van der Waals surface area contributed by atoms with Crippen LogP contribution in [0, 0.1) is 0 Å². The van der Waals surface area contributed by atoms with Crippen molar-refractivity contribution in [2.75, 3.05) is 20.1 Å². The first-order valence-electron chi connectivity index (χ1n) is 8.33. The number of carbonyl (C=O) groups is 1. The van der Waals surface area contributed by atoms with E-state index in [2.05, 4.69) is 52.7 Å². The molecule has 0 radical (unpaired) electrons. The maximum atomic E-state index is 12.4. The maximum absolute atomic E-state index is 12.4. The number of carbonyl (C=O) groups excluding carboxylic acids is 1. The van der Waals surface area contributed by atoms with Gasteiger partial charge >= 0.3 is 0 Å². The van der Waals surface area contributed by atoms with Crippen LogP contribution < -0.4 is 5.32 Å². The summed E-state index contributed by atoms with van der Waals surface area (Å²) in [5.74, 6) is 0.301. The summed E-state index contributed by atoms with van der Waals surface area (Å²) in [5.41, 5.74) is 4.35. The molecule has 4 nitrogen and oxygen atoms in total. The average molecular weight is 319 g/mol. The molecule has 2 heterocycles. The van der Waals surface area contributed by atoms with Crippen LogP contribution in [0.25, 0.3) is 10.9 Å². The standard InChI is InChI=1S/C20H21N3O/c1-23(12-14-6-3-2-4-7-14)13-15-10-22-20(24)16-8-5-9-18-19(16)17(15)11-21-18/h2-9,11,15,21H,10,12-13H2,1H3,(H,22,24). The van der Waals surface area contributed by atoms with E-state index in [0.717, 1.165) is 29.6 Å². The number of amides is 1. The van der Waals surface area contributed by atoms with Gasteiger partial charge in [0, 0.05) is 48.2 Å². The lowest BCUT2D eigenvalue weighted by molar-refractivity contribution is 0.0953. The third kappa shape index (κ3) is 2.69. The molecule has 1 aliphatic heterocycles. The molecular weight excluding hydrogens is 298 g/mol. The van der Waals surface area contributed by atoms with Crippen LogP contribution in [0.4, 0.5) is 0 Å². The molecule has 0 aliphatic carbocycles. The smallest absolute Gasteiger partial charge is 0.251 e. The van der Waals surface area contributed by atoms with Gasteiger partial charge in [0.1, 0.15) is 0 Å². The van der Waals surface area contributed by atoms with Gasteiger partial charge < -0.3 is 15.2 Å². The molecule has 122 valence electrons. The van der Waals surface area contributed by atoms with E-state index in [9.17, 15) is 4.79 Å². The summed E-state index contributed by atoms with van der Waals surface area (Å²) >= 11 is 0. The summed E-state index contributed by atoms with van der Waals surface area (Å²) in [6.45, 7) is 2.47. The molecule has 1 aromatic heterocycles. The lowest BCUT2D eigenvalue weighted by Crippen LogP contribution is -2.32. The van der Waals surface area contributed by atoms with E-state index in [-0.39, 0.29) is 11.8 Å². The molecule has 1 unspecified atom stereocenters. The highest BCUT2D eigenvalue weighted by molar-refractivity contribution is 6.08. The lowest BCUT2D eigenvalue weighted by Gasteiger charge is -2.23. The molecular formula is C20H21N3O. The van der Waals surface area contributed by atoms with Crippen LogP contribution in [0.2, 0.25) is 0 Å². The fourth-order valence-corrected chi connectivity index (χ4v) is 3.64. The molecule has 3 aromatic rings. The first-order valence-corrected chi connectivity index (χ1v) is 8.33. The van der Waals surface area contributed by atoms with Crippen molar-refractivity contribution in [1.29, 1.82) is 0 Å². The molecule has 0 saturated heterocycles. The van der Waals surface area contributed by atoms with Crippen molar-refractivity contribution in [1.82, 2.24) is 15.2 Å². The van der Waals surface area contributed by atoms with E-state index in [4.69, 9.17) is 0 Å². The molecule has 4 heteroatoms. The number of benzene rings is 2. The lowest BCUT2D eigenvalue weighted by atomic mass is 9.97. The van der Waals surface area contributed by atoms with Gasteiger partial charge in [0.05, 0.1) is 0 Å². The van der Waals surface area contributed by atoms with Crippen LogP contribution in [0.1, 0.15) is 27.4 Å². The Morgan fingerprint density at radius 3 is 2.79 bits per heavy atom. The molecule has 1 atom stereocenters. The Balaban J connectivity index is 1.61. The summed E-state index contributed by atoms with van der Waals surface area (Å²) in [7, 11) is 2.13. The van der Waals surface area contributed by atoms with Crippen molar-refractivity contribution >= 4 is 16.8 Å². The summed E-state index contributed by atoms with van der Waals surface area (Å²) in [6.07, 6.45) is 2.06. The highest BCUT2D eigenvalue weighted by Gasteiger charge is 2.25. The second-order valence-electron chi connectivity index (χ2n) is 6.56. The minimum absolute atomic E-state index is 0.0228. The van der Waals surface area contributed by atoms with E-state index in [0.29, 0.717) is 6.54 Å².